The molecule has 0 aliphatic rings. The van der Waals surface area contributed by atoms with Gasteiger partial charge in [-0.1, -0.05) is 0 Å². The third-order valence-corrected chi connectivity index (χ3v) is 1.59. The fraction of sp³-hybridized carbons (Fsp3) is 1.00. The molecule has 2 nitrogen and oxygen atoms in total. The standard InChI is InChI=1S/C2H5O.HN.Zn/c1-2-3;;/h2H2,1H3;1H;/q-1;;+1. The Morgan fingerprint density at radius 3 is 2.60 bits per heavy atom. The fourth-order valence-electron chi connectivity index (χ4n) is 0.102. The molecule has 0 heterocycles. The van der Waals surface area contributed by atoms with Crippen molar-refractivity contribution in [2.24, 2.45) is 0 Å². The van der Waals surface area contributed by atoms with Crippen LogP contribution in [0.5, 0.6) is 0 Å². The van der Waals surface area contributed by atoms with Crippen LogP contribution >= 0.6 is 0 Å². The molecule has 0 fully saturated rings. The van der Waals surface area contributed by atoms with Crippen molar-refractivity contribution < 1.29 is 20.9 Å². The molecule has 0 aliphatic carbocycles. The van der Waals surface area contributed by atoms with Gasteiger partial charge < -0.3 is 0 Å². The molecule has 0 rings (SSSR count). The first-order chi connectivity index (χ1) is 2.41. The third-order valence-electron chi connectivity index (χ3n) is 0.306. The van der Waals surface area contributed by atoms with Crippen molar-refractivity contribution >= 4 is 0 Å². The zero-order chi connectivity index (χ0) is 4.12. The van der Waals surface area contributed by atoms with Gasteiger partial charge in [0.05, 0.1) is 0 Å². The molecule has 0 aromatic rings. The summed E-state index contributed by atoms with van der Waals surface area (Å²) in [4.78, 5) is 0. The summed E-state index contributed by atoms with van der Waals surface area (Å²) in [6, 6.07) is 0. The maximum absolute atomic E-state index is 6.57. The molecule has 0 saturated heterocycles. The van der Waals surface area contributed by atoms with Crippen molar-refractivity contribution in [1.82, 2.24) is 0 Å². The molecule has 0 atom stereocenters. The number of hydrogen-bond donors (Lipinski definition) is 1. The van der Waals surface area contributed by atoms with Crippen LogP contribution < -0.4 is 0 Å². The zero-order valence-electron chi connectivity index (χ0n) is 3.32. The average Bonchev–Trinajstić information content (AvgIpc) is 1.41. The third kappa shape index (κ3) is 4.38. The van der Waals surface area contributed by atoms with E-state index in [9.17, 15) is 0 Å². The van der Waals surface area contributed by atoms with Crippen molar-refractivity contribution in [3.63, 3.8) is 0 Å². The van der Waals surface area contributed by atoms with Crippen LogP contribution in [0.15, 0.2) is 0 Å². The maximum atomic E-state index is 6.57. The molecule has 0 bridgehead atoms. The molecule has 5 heavy (non-hydrogen) atoms. The first-order valence-electron chi connectivity index (χ1n) is 1.64. The van der Waals surface area contributed by atoms with E-state index in [2.05, 4.69) is 3.56 Å². The minimum absolute atomic E-state index is 0.740. The van der Waals surface area contributed by atoms with Crippen molar-refractivity contribution in [2.45, 2.75) is 6.92 Å². The Morgan fingerprint density at radius 1 is 2.00 bits per heavy atom. The van der Waals surface area contributed by atoms with E-state index < -0.39 is 17.3 Å². The van der Waals surface area contributed by atoms with Gasteiger partial charge in [-0.2, -0.15) is 0 Å². The summed E-state index contributed by atoms with van der Waals surface area (Å²) in [5.74, 6) is 0. The summed E-state index contributed by atoms with van der Waals surface area (Å²) >= 11 is -1.16. The molecule has 0 aliphatic heterocycles. The molecule has 3 heteroatoms. The minimum atomic E-state index is -1.16. The molecule has 27 valence electrons. The van der Waals surface area contributed by atoms with Crippen molar-refractivity contribution in [1.29, 1.82) is 4.10 Å². The van der Waals surface area contributed by atoms with Gasteiger partial charge in [0, 0.05) is 0 Å². The molecule has 0 aromatic carbocycles. The summed E-state index contributed by atoms with van der Waals surface area (Å²) in [7, 11) is 0. The van der Waals surface area contributed by atoms with Crippen LogP contribution in [0.1, 0.15) is 6.92 Å². The molecule has 0 radical (unpaired) electrons. The second-order valence-electron chi connectivity index (χ2n) is 0.637. The summed E-state index contributed by atoms with van der Waals surface area (Å²) in [5.41, 5.74) is 0. The summed E-state index contributed by atoms with van der Waals surface area (Å²) in [5, 5.41) is 0. The van der Waals surface area contributed by atoms with Crippen LogP contribution in [0.25, 0.3) is 0 Å². The first kappa shape index (κ1) is 5.38. The van der Waals surface area contributed by atoms with E-state index >= 15 is 0 Å². The molecular formula is C2H6NOZn. The topological polar surface area (TPSA) is 33.1 Å². The summed E-state index contributed by atoms with van der Waals surface area (Å²) in [6.45, 7) is 2.66. The van der Waals surface area contributed by atoms with Crippen LogP contribution in [0, 0.1) is 4.10 Å². The van der Waals surface area contributed by atoms with E-state index in [1.807, 2.05) is 6.92 Å². The van der Waals surface area contributed by atoms with Crippen LogP contribution in [0.4, 0.5) is 0 Å². The molecule has 0 spiro atoms. The second-order valence-corrected chi connectivity index (χ2v) is 2.10. The predicted octanol–water partition coefficient (Wildman–Crippen LogP) is 0.783. The van der Waals surface area contributed by atoms with Gasteiger partial charge >= 0.3 is 38.5 Å². The molecule has 0 unspecified atom stereocenters. The van der Waals surface area contributed by atoms with Crippen molar-refractivity contribution in [3.8, 4) is 0 Å². The Morgan fingerprint density at radius 2 is 2.60 bits per heavy atom. The predicted molar refractivity (Wildman–Crippen MR) is 14.3 cm³/mol. The Kier molecular flexibility index (Phi) is 4.72. The van der Waals surface area contributed by atoms with E-state index in [1.54, 1.807) is 0 Å². The molecule has 0 amide bonds. The van der Waals surface area contributed by atoms with Crippen LogP contribution in [-0.2, 0) is 20.9 Å². The Labute approximate surface area is 39.1 Å². The molecule has 1 N–H and O–H groups in total. The van der Waals surface area contributed by atoms with Gasteiger partial charge in [-0.3, -0.25) is 0 Å². The van der Waals surface area contributed by atoms with Gasteiger partial charge in [0.25, 0.3) is 0 Å². The number of hydrogen-bond acceptors (Lipinski definition) is 2. The summed E-state index contributed by atoms with van der Waals surface area (Å²) in [6.07, 6.45) is 0. The van der Waals surface area contributed by atoms with Crippen LogP contribution in [-0.4, -0.2) is 6.61 Å². The number of nitrogens with one attached hydrogen (secondary N) is 1. The Balaban J connectivity index is 2.40. The quantitative estimate of drug-likeness (QED) is 0.544. The van der Waals surface area contributed by atoms with E-state index in [4.69, 9.17) is 4.10 Å². The van der Waals surface area contributed by atoms with Crippen LogP contribution in [0.2, 0.25) is 0 Å². The van der Waals surface area contributed by atoms with Gasteiger partial charge in [0.1, 0.15) is 0 Å². The zero-order valence-corrected chi connectivity index (χ0v) is 6.29. The normalized spacial score (nSPS) is 6.60. The van der Waals surface area contributed by atoms with Gasteiger partial charge in [-0.05, 0) is 0 Å². The monoisotopic (exact) mass is 124 g/mol. The average molecular weight is 125 g/mol. The van der Waals surface area contributed by atoms with Gasteiger partial charge in [0.15, 0.2) is 0 Å². The SMILES string of the molecule is CC[O][Zn]=[NH]. The number of rotatable bonds is 2. The van der Waals surface area contributed by atoms with Gasteiger partial charge in [-0.15, -0.1) is 0 Å². The van der Waals surface area contributed by atoms with Crippen molar-refractivity contribution in [3.05, 3.63) is 0 Å². The van der Waals surface area contributed by atoms with E-state index in [0.717, 1.165) is 6.61 Å². The fourth-order valence-corrected chi connectivity index (χ4v) is 0.530. The van der Waals surface area contributed by atoms with E-state index in [-0.39, 0.29) is 0 Å². The summed E-state index contributed by atoms with van der Waals surface area (Å²) < 4.78 is 11.3. The Bertz CT molecular complexity index is 30.8. The van der Waals surface area contributed by atoms with Crippen molar-refractivity contribution in [2.75, 3.05) is 6.61 Å². The Hall–Kier alpha value is 0.383. The van der Waals surface area contributed by atoms with Gasteiger partial charge in [0.2, 0.25) is 0 Å². The van der Waals surface area contributed by atoms with Gasteiger partial charge in [-0.25, -0.2) is 0 Å². The van der Waals surface area contributed by atoms with E-state index in [0.29, 0.717) is 0 Å². The molecule has 0 aromatic heterocycles. The van der Waals surface area contributed by atoms with Crippen LogP contribution in [0.3, 0.4) is 0 Å². The second kappa shape index (κ2) is 4.38. The first-order valence-corrected chi connectivity index (χ1v) is 4.33. The van der Waals surface area contributed by atoms with E-state index in [1.165, 1.54) is 0 Å². The molecule has 0 saturated carbocycles. The molecular weight excluding hydrogens is 119 g/mol.